The highest BCUT2D eigenvalue weighted by atomic mass is 35.5. The molecule has 0 amide bonds. The average Bonchev–Trinajstić information content (AvgIpc) is 1.95. The maximum Gasteiger partial charge on any atom is 0.0458 e. The van der Waals surface area contributed by atoms with E-state index in [1.807, 2.05) is 0 Å². The van der Waals surface area contributed by atoms with Crippen LogP contribution in [0.25, 0.3) is 0 Å². The third-order valence-electron chi connectivity index (χ3n) is 5.36. The van der Waals surface area contributed by atoms with E-state index in [0.717, 1.165) is 18.3 Å². The van der Waals surface area contributed by atoms with Crippen molar-refractivity contribution in [2.24, 2.45) is 23.0 Å². The highest BCUT2D eigenvalue weighted by Gasteiger charge is 2.60. The first-order chi connectivity index (χ1) is 6.82. The Labute approximate surface area is 97.7 Å². The maximum absolute atomic E-state index is 6.77. The van der Waals surface area contributed by atoms with Crippen LogP contribution >= 0.6 is 11.6 Å². The molecule has 4 aliphatic rings. The van der Waals surface area contributed by atoms with Gasteiger partial charge in [0.2, 0.25) is 0 Å². The van der Waals surface area contributed by atoms with Crippen molar-refractivity contribution in [3.63, 3.8) is 0 Å². The minimum Gasteiger partial charge on any atom is -0.325 e. The third kappa shape index (κ3) is 1.39. The summed E-state index contributed by atoms with van der Waals surface area (Å²) in [6, 6.07) is 0. The quantitative estimate of drug-likeness (QED) is 0.684. The van der Waals surface area contributed by atoms with Crippen LogP contribution in [0.15, 0.2) is 0 Å². The maximum atomic E-state index is 6.77. The normalized spacial score (nSPS) is 53.6. The van der Waals surface area contributed by atoms with Gasteiger partial charge in [0.05, 0.1) is 0 Å². The number of hydrogen-bond acceptors (Lipinski definition) is 1. The first kappa shape index (κ1) is 10.4. The van der Waals surface area contributed by atoms with Crippen LogP contribution in [-0.2, 0) is 0 Å². The summed E-state index contributed by atoms with van der Waals surface area (Å²) >= 11 is 6.77. The number of hydrogen-bond donors (Lipinski definition) is 1. The Morgan fingerprint density at radius 1 is 1.13 bits per heavy atom. The van der Waals surface area contributed by atoms with Crippen molar-refractivity contribution in [2.75, 3.05) is 0 Å². The Kier molecular flexibility index (Phi) is 1.90. The fourth-order valence-corrected chi connectivity index (χ4v) is 5.60. The van der Waals surface area contributed by atoms with E-state index in [4.69, 9.17) is 17.3 Å². The van der Waals surface area contributed by atoms with Crippen LogP contribution < -0.4 is 5.73 Å². The zero-order valence-corrected chi connectivity index (χ0v) is 10.6. The first-order valence-corrected chi connectivity index (χ1v) is 6.68. The summed E-state index contributed by atoms with van der Waals surface area (Å²) in [6.07, 6.45) is 7.76. The van der Waals surface area contributed by atoms with E-state index in [2.05, 4.69) is 13.8 Å². The molecule has 2 N–H and O–H groups in total. The molecule has 0 spiro atoms. The second kappa shape index (κ2) is 2.73. The molecule has 4 aliphatic carbocycles. The van der Waals surface area contributed by atoms with Crippen molar-refractivity contribution in [1.29, 1.82) is 0 Å². The monoisotopic (exact) mass is 227 g/mol. The summed E-state index contributed by atoms with van der Waals surface area (Å²) in [6.45, 7) is 4.42. The molecule has 4 fully saturated rings. The molecule has 2 unspecified atom stereocenters. The average molecular weight is 228 g/mol. The molecule has 0 aromatic heterocycles. The minimum atomic E-state index is -0.0507. The van der Waals surface area contributed by atoms with Gasteiger partial charge in [-0.25, -0.2) is 0 Å². The van der Waals surface area contributed by atoms with Gasteiger partial charge in [-0.05, 0) is 69.6 Å². The van der Waals surface area contributed by atoms with Gasteiger partial charge in [-0.1, -0.05) is 0 Å². The van der Waals surface area contributed by atoms with Crippen molar-refractivity contribution < 1.29 is 0 Å². The molecule has 2 atom stereocenters. The summed E-state index contributed by atoms with van der Waals surface area (Å²) in [5.41, 5.74) is 6.73. The fourth-order valence-electron chi connectivity index (χ4n) is 4.90. The van der Waals surface area contributed by atoms with E-state index in [0.29, 0.717) is 5.41 Å². The summed E-state index contributed by atoms with van der Waals surface area (Å²) in [5.74, 6) is 1.73. The van der Waals surface area contributed by atoms with Crippen LogP contribution in [0.5, 0.6) is 0 Å². The topological polar surface area (TPSA) is 26.0 Å². The SMILES string of the molecule is CC(C)(N)C12CC3CC(CC(Cl)(C3)C1)C2. The molecule has 0 aliphatic heterocycles. The zero-order valence-electron chi connectivity index (χ0n) is 9.85. The van der Waals surface area contributed by atoms with Gasteiger partial charge < -0.3 is 5.73 Å². The molecular weight excluding hydrogens is 206 g/mol. The number of halogens is 1. The predicted molar refractivity (Wildman–Crippen MR) is 64.0 cm³/mol. The lowest BCUT2D eigenvalue weighted by molar-refractivity contribution is -0.0777. The van der Waals surface area contributed by atoms with Gasteiger partial charge in [-0.3, -0.25) is 0 Å². The second-order valence-electron chi connectivity index (χ2n) is 7.11. The highest BCUT2D eigenvalue weighted by Crippen LogP contribution is 2.66. The van der Waals surface area contributed by atoms with E-state index in [-0.39, 0.29) is 10.4 Å². The Morgan fingerprint density at radius 2 is 1.67 bits per heavy atom. The lowest BCUT2D eigenvalue weighted by Gasteiger charge is -2.64. The van der Waals surface area contributed by atoms with Gasteiger partial charge >= 0.3 is 0 Å². The Balaban J connectivity index is 2.00. The fraction of sp³-hybridized carbons (Fsp3) is 1.00. The summed E-state index contributed by atoms with van der Waals surface area (Å²) in [7, 11) is 0. The predicted octanol–water partition coefficient (Wildman–Crippen LogP) is 3.30. The Bertz CT molecular complexity index is 277. The third-order valence-corrected chi connectivity index (χ3v) is 5.80. The Hall–Kier alpha value is 0.250. The molecule has 86 valence electrons. The minimum absolute atomic E-state index is 0.0507. The molecule has 0 saturated heterocycles. The summed E-state index contributed by atoms with van der Waals surface area (Å²) in [4.78, 5) is 0.112. The van der Waals surface area contributed by atoms with Gasteiger partial charge in [0.25, 0.3) is 0 Å². The molecule has 0 heterocycles. The highest BCUT2D eigenvalue weighted by molar-refractivity contribution is 6.24. The molecule has 1 nitrogen and oxygen atoms in total. The van der Waals surface area contributed by atoms with Gasteiger partial charge in [0.1, 0.15) is 0 Å². The lowest BCUT2D eigenvalue weighted by Crippen LogP contribution is -2.63. The molecule has 15 heavy (non-hydrogen) atoms. The zero-order chi connectivity index (χ0) is 10.9. The van der Waals surface area contributed by atoms with Crippen molar-refractivity contribution >= 4 is 11.6 Å². The number of rotatable bonds is 1. The van der Waals surface area contributed by atoms with Crippen molar-refractivity contribution in [3.8, 4) is 0 Å². The van der Waals surface area contributed by atoms with Crippen molar-refractivity contribution in [3.05, 3.63) is 0 Å². The molecule has 4 rings (SSSR count). The van der Waals surface area contributed by atoms with E-state index in [9.17, 15) is 0 Å². The van der Waals surface area contributed by atoms with Crippen LogP contribution in [0, 0.1) is 17.3 Å². The van der Waals surface area contributed by atoms with Crippen LogP contribution in [0.3, 0.4) is 0 Å². The largest absolute Gasteiger partial charge is 0.325 e. The summed E-state index contributed by atoms with van der Waals surface area (Å²) in [5, 5.41) is 0. The van der Waals surface area contributed by atoms with E-state index in [1.54, 1.807) is 0 Å². The molecule has 0 aromatic rings. The van der Waals surface area contributed by atoms with Crippen LogP contribution in [0.4, 0.5) is 0 Å². The van der Waals surface area contributed by atoms with Crippen molar-refractivity contribution in [2.45, 2.75) is 62.8 Å². The molecule has 2 heteroatoms. The second-order valence-corrected chi connectivity index (χ2v) is 7.92. The first-order valence-electron chi connectivity index (χ1n) is 6.30. The van der Waals surface area contributed by atoms with Crippen LogP contribution in [-0.4, -0.2) is 10.4 Å². The Morgan fingerprint density at radius 3 is 2.07 bits per heavy atom. The van der Waals surface area contributed by atoms with Gasteiger partial charge in [0, 0.05) is 10.4 Å². The van der Waals surface area contributed by atoms with E-state index < -0.39 is 0 Å². The van der Waals surface area contributed by atoms with Gasteiger partial charge in [-0.15, -0.1) is 11.6 Å². The number of nitrogens with two attached hydrogens (primary N) is 1. The lowest BCUT2D eigenvalue weighted by atomic mass is 9.45. The van der Waals surface area contributed by atoms with Crippen molar-refractivity contribution in [1.82, 2.24) is 0 Å². The van der Waals surface area contributed by atoms with Gasteiger partial charge in [0.15, 0.2) is 0 Å². The van der Waals surface area contributed by atoms with E-state index >= 15 is 0 Å². The molecule has 0 aromatic carbocycles. The van der Waals surface area contributed by atoms with Gasteiger partial charge in [-0.2, -0.15) is 0 Å². The molecule has 0 radical (unpaired) electrons. The van der Waals surface area contributed by atoms with Crippen LogP contribution in [0.2, 0.25) is 0 Å². The molecular formula is C13H22ClN. The van der Waals surface area contributed by atoms with Crippen LogP contribution in [0.1, 0.15) is 52.4 Å². The summed E-state index contributed by atoms with van der Waals surface area (Å²) < 4.78 is 0. The smallest absolute Gasteiger partial charge is 0.0458 e. The molecule has 4 bridgehead atoms. The molecule has 4 saturated carbocycles. The standard InChI is InChI=1S/C13H22ClN/c1-11(2,15)12-4-9-3-10(5-12)7-13(14,6-9)8-12/h9-10H,3-8,15H2,1-2H3. The van der Waals surface area contributed by atoms with E-state index in [1.165, 1.54) is 32.1 Å². The number of alkyl halides is 1.